The van der Waals surface area contributed by atoms with Crippen LogP contribution in [0.5, 0.6) is 0 Å². The Morgan fingerprint density at radius 1 is 1.20 bits per heavy atom. The van der Waals surface area contributed by atoms with Gasteiger partial charge in [0.1, 0.15) is 5.82 Å². The van der Waals surface area contributed by atoms with Gasteiger partial charge >= 0.3 is 0 Å². The molecule has 0 saturated carbocycles. The molecule has 7 nitrogen and oxygen atoms in total. The largest absolute Gasteiger partial charge is 0.347 e. The van der Waals surface area contributed by atoms with Crippen LogP contribution < -0.4 is 5.32 Å². The average molecular weight is 452 g/mol. The standard InChI is InChI=1S/C20H22FN3O4S2/c21-14-1-3-15(4-2-14)22-17(25)13-30-19-23-16(12-29-19)11-18(26)24-7-5-20(6-8-24)27-9-10-28-20/h1-4,12H,5-11,13H2,(H,22,25). The molecule has 2 aromatic rings. The molecule has 160 valence electrons. The van der Waals surface area contributed by atoms with Gasteiger partial charge in [0.15, 0.2) is 10.1 Å². The molecule has 4 rings (SSSR count). The zero-order valence-electron chi connectivity index (χ0n) is 16.3. The third kappa shape index (κ3) is 5.37. The van der Waals surface area contributed by atoms with E-state index >= 15 is 0 Å². The second-order valence-corrected chi connectivity index (χ2v) is 9.19. The summed E-state index contributed by atoms with van der Waals surface area (Å²) in [6, 6.07) is 5.61. The number of benzene rings is 1. The lowest BCUT2D eigenvalue weighted by Gasteiger charge is -2.37. The number of carbonyl (C=O) groups is 2. The van der Waals surface area contributed by atoms with Crippen LogP contribution in [0.25, 0.3) is 0 Å². The lowest BCUT2D eigenvalue weighted by molar-refractivity contribution is -0.187. The quantitative estimate of drug-likeness (QED) is 0.681. The number of carbonyl (C=O) groups excluding carboxylic acids is 2. The summed E-state index contributed by atoms with van der Waals surface area (Å²) in [4.78, 5) is 30.9. The lowest BCUT2D eigenvalue weighted by Crippen LogP contribution is -2.47. The van der Waals surface area contributed by atoms with Crippen LogP contribution in [0, 0.1) is 5.82 Å². The Labute approximate surface area is 181 Å². The molecule has 30 heavy (non-hydrogen) atoms. The maximum absolute atomic E-state index is 12.9. The molecule has 1 aromatic heterocycles. The van der Waals surface area contributed by atoms with Crippen LogP contribution in [-0.4, -0.2) is 59.5 Å². The van der Waals surface area contributed by atoms with Gasteiger partial charge in [0.05, 0.1) is 31.1 Å². The van der Waals surface area contributed by atoms with Gasteiger partial charge in [-0.05, 0) is 24.3 Å². The van der Waals surface area contributed by atoms with Crippen molar-refractivity contribution >= 4 is 40.6 Å². The Kier molecular flexibility index (Phi) is 6.67. The van der Waals surface area contributed by atoms with E-state index in [0.717, 1.165) is 4.34 Å². The molecule has 3 heterocycles. The van der Waals surface area contributed by atoms with Crippen molar-refractivity contribution in [3.05, 3.63) is 41.2 Å². The Balaban J connectivity index is 1.21. The number of halogens is 1. The first-order valence-corrected chi connectivity index (χ1v) is 11.6. The number of aromatic nitrogens is 1. The van der Waals surface area contributed by atoms with Gasteiger partial charge in [0.2, 0.25) is 11.8 Å². The molecule has 0 radical (unpaired) electrons. The van der Waals surface area contributed by atoms with E-state index in [-0.39, 0.29) is 29.8 Å². The van der Waals surface area contributed by atoms with Crippen molar-refractivity contribution in [3.63, 3.8) is 0 Å². The Morgan fingerprint density at radius 3 is 2.60 bits per heavy atom. The number of nitrogens with one attached hydrogen (secondary N) is 1. The highest BCUT2D eigenvalue weighted by atomic mass is 32.2. The molecule has 2 fully saturated rings. The summed E-state index contributed by atoms with van der Waals surface area (Å²) in [5.41, 5.74) is 1.25. The van der Waals surface area contributed by atoms with E-state index in [9.17, 15) is 14.0 Å². The van der Waals surface area contributed by atoms with E-state index < -0.39 is 5.79 Å². The summed E-state index contributed by atoms with van der Waals surface area (Å²) in [6.07, 6.45) is 1.63. The maximum Gasteiger partial charge on any atom is 0.234 e. The maximum atomic E-state index is 12.9. The van der Waals surface area contributed by atoms with Crippen molar-refractivity contribution in [2.75, 3.05) is 37.4 Å². The van der Waals surface area contributed by atoms with Crippen LogP contribution in [0.3, 0.4) is 0 Å². The van der Waals surface area contributed by atoms with Crippen LogP contribution >= 0.6 is 23.1 Å². The minimum atomic E-state index is -0.490. The van der Waals surface area contributed by atoms with Crippen molar-refractivity contribution in [2.24, 2.45) is 0 Å². The van der Waals surface area contributed by atoms with Crippen LogP contribution in [0.2, 0.25) is 0 Å². The number of thioether (sulfide) groups is 1. The normalized spacial score (nSPS) is 18.0. The number of nitrogens with zero attached hydrogens (tertiary/aromatic N) is 2. The molecule has 0 bridgehead atoms. The number of piperidine rings is 1. The van der Waals surface area contributed by atoms with Crippen molar-refractivity contribution < 1.29 is 23.5 Å². The highest BCUT2D eigenvalue weighted by Crippen LogP contribution is 2.31. The highest BCUT2D eigenvalue weighted by Gasteiger charge is 2.40. The molecule has 1 N–H and O–H groups in total. The number of ether oxygens (including phenoxy) is 2. The van der Waals surface area contributed by atoms with Crippen molar-refractivity contribution in [1.29, 1.82) is 0 Å². The SMILES string of the molecule is O=C(CSc1nc(CC(=O)N2CCC3(CC2)OCCO3)cs1)Nc1ccc(F)cc1. The topological polar surface area (TPSA) is 80.8 Å². The summed E-state index contributed by atoms with van der Waals surface area (Å²) < 4.78 is 25.0. The van der Waals surface area contributed by atoms with Gasteiger partial charge in [0, 0.05) is 37.0 Å². The highest BCUT2D eigenvalue weighted by molar-refractivity contribution is 8.01. The number of hydrogen-bond donors (Lipinski definition) is 1. The van der Waals surface area contributed by atoms with Crippen LogP contribution in [0.4, 0.5) is 10.1 Å². The third-order valence-electron chi connectivity index (χ3n) is 5.01. The fraction of sp³-hybridized carbons (Fsp3) is 0.450. The van der Waals surface area contributed by atoms with Crippen molar-refractivity contribution in [2.45, 2.75) is 29.4 Å². The predicted molar refractivity (Wildman–Crippen MR) is 112 cm³/mol. The number of amides is 2. The average Bonchev–Trinajstić information content (AvgIpc) is 3.38. The molecule has 10 heteroatoms. The van der Waals surface area contributed by atoms with Gasteiger partial charge in [-0.25, -0.2) is 9.37 Å². The smallest absolute Gasteiger partial charge is 0.234 e. The molecule has 2 aliphatic heterocycles. The van der Waals surface area contributed by atoms with E-state index in [4.69, 9.17) is 9.47 Å². The van der Waals surface area contributed by atoms with E-state index in [1.165, 1.54) is 47.4 Å². The zero-order valence-corrected chi connectivity index (χ0v) is 17.9. The molecule has 1 aromatic carbocycles. The fourth-order valence-corrected chi connectivity index (χ4v) is 5.09. The predicted octanol–water partition coefficient (Wildman–Crippen LogP) is 2.92. The van der Waals surface area contributed by atoms with E-state index in [1.54, 1.807) is 0 Å². The van der Waals surface area contributed by atoms with Crippen LogP contribution in [-0.2, 0) is 25.5 Å². The van der Waals surface area contributed by atoms with Crippen molar-refractivity contribution in [1.82, 2.24) is 9.88 Å². The molecule has 0 aliphatic carbocycles. The first-order valence-electron chi connectivity index (χ1n) is 9.70. The fourth-order valence-electron chi connectivity index (χ4n) is 3.44. The van der Waals surface area contributed by atoms with Gasteiger partial charge in [0.25, 0.3) is 0 Å². The number of hydrogen-bond acceptors (Lipinski definition) is 7. The Morgan fingerprint density at radius 2 is 1.90 bits per heavy atom. The Bertz CT molecular complexity index is 890. The number of likely N-dealkylation sites (tertiary alicyclic amines) is 1. The molecule has 2 amide bonds. The summed E-state index contributed by atoms with van der Waals surface area (Å²) >= 11 is 2.73. The summed E-state index contributed by atoms with van der Waals surface area (Å²) in [5.74, 6) is -0.810. The summed E-state index contributed by atoms with van der Waals surface area (Å²) in [6.45, 7) is 2.48. The van der Waals surface area contributed by atoms with Crippen LogP contribution in [0.1, 0.15) is 18.5 Å². The van der Waals surface area contributed by atoms with Crippen LogP contribution in [0.15, 0.2) is 34.0 Å². The molecule has 0 atom stereocenters. The number of rotatable bonds is 6. The summed E-state index contributed by atoms with van der Waals surface area (Å²) in [7, 11) is 0. The lowest BCUT2D eigenvalue weighted by atomic mass is 10.0. The van der Waals surface area contributed by atoms with Gasteiger partial charge in [-0.1, -0.05) is 11.8 Å². The summed E-state index contributed by atoms with van der Waals surface area (Å²) in [5, 5.41) is 4.57. The van der Waals surface area contributed by atoms with E-state index in [2.05, 4.69) is 10.3 Å². The number of thiazole rings is 1. The first kappa shape index (κ1) is 21.2. The molecule has 1 spiro atoms. The third-order valence-corrected chi connectivity index (χ3v) is 7.08. The van der Waals surface area contributed by atoms with Gasteiger partial charge in [-0.3, -0.25) is 9.59 Å². The molecule has 2 saturated heterocycles. The van der Waals surface area contributed by atoms with Crippen molar-refractivity contribution in [3.8, 4) is 0 Å². The first-order chi connectivity index (χ1) is 14.5. The molecule has 2 aliphatic rings. The molecule has 0 unspecified atom stereocenters. The molecular formula is C20H22FN3O4S2. The minimum absolute atomic E-state index is 0.0405. The second kappa shape index (κ2) is 9.42. The zero-order chi connectivity index (χ0) is 21.0. The van der Waals surface area contributed by atoms with Gasteiger partial charge in [-0.2, -0.15) is 0 Å². The monoisotopic (exact) mass is 451 g/mol. The Hall–Kier alpha value is -2.01. The molecular weight excluding hydrogens is 429 g/mol. The minimum Gasteiger partial charge on any atom is -0.347 e. The second-order valence-electron chi connectivity index (χ2n) is 7.11. The number of anilines is 1. The van der Waals surface area contributed by atoms with Gasteiger partial charge in [-0.15, -0.1) is 11.3 Å². The van der Waals surface area contributed by atoms with E-state index in [1.807, 2.05) is 10.3 Å². The van der Waals surface area contributed by atoms with E-state index in [0.29, 0.717) is 50.5 Å². The van der Waals surface area contributed by atoms with Gasteiger partial charge < -0.3 is 19.7 Å².